The first-order valence-corrected chi connectivity index (χ1v) is 7.29. The van der Waals surface area contributed by atoms with Gasteiger partial charge in [-0.25, -0.2) is 0 Å². The Morgan fingerprint density at radius 3 is 2.55 bits per heavy atom. The van der Waals surface area contributed by atoms with Crippen molar-refractivity contribution in [3.8, 4) is 5.75 Å². The summed E-state index contributed by atoms with van der Waals surface area (Å²) in [6.07, 6.45) is -1.67. The minimum absolute atomic E-state index is 0.0311. The third kappa shape index (κ3) is 2.76. The second kappa shape index (κ2) is 4.78. The molecular weight excluding hydrogens is 319 g/mol. The Morgan fingerprint density at radius 1 is 1.36 bits per heavy atom. The van der Waals surface area contributed by atoms with E-state index in [1.807, 2.05) is 0 Å². The molecule has 7 heteroatoms. The van der Waals surface area contributed by atoms with Gasteiger partial charge >= 0.3 is 6.18 Å². The zero-order chi connectivity index (χ0) is 16.2. The molecule has 3 aliphatic rings. The average molecular weight is 334 g/mol. The first-order valence-electron chi connectivity index (χ1n) is 6.92. The van der Waals surface area contributed by atoms with Gasteiger partial charge in [0.2, 0.25) is 0 Å². The van der Waals surface area contributed by atoms with Gasteiger partial charge < -0.3 is 10.1 Å². The molecule has 0 aromatic heterocycles. The molecule has 0 heterocycles. The molecule has 120 valence electrons. The minimum atomic E-state index is -4.56. The molecule has 0 aliphatic heterocycles. The van der Waals surface area contributed by atoms with Gasteiger partial charge in [0, 0.05) is 5.54 Å². The molecule has 3 fully saturated rings. The van der Waals surface area contributed by atoms with Crippen molar-refractivity contribution >= 4 is 17.5 Å². The maximum atomic E-state index is 12.7. The predicted octanol–water partition coefficient (Wildman–Crippen LogP) is 3.80. The SMILES string of the molecule is CC12CC(NC(=O)COc3ccc(Cl)c(C(F)(F)F)c3)(C1)C2. The third-order valence-electron chi connectivity index (χ3n) is 4.31. The molecule has 1 aromatic carbocycles. The highest BCUT2D eigenvalue weighted by atomic mass is 35.5. The van der Waals surface area contributed by atoms with E-state index in [9.17, 15) is 18.0 Å². The number of amides is 1. The van der Waals surface area contributed by atoms with Gasteiger partial charge in [-0.05, 0) is 42.9 Å². The second-order valence-electron chi connectivity index (χ2n) is 6.60. The largest absolute Gasteiger partial charge is 0.484 e. The van der Waals surface area contributed by atoms with Crippen LogP contribution >= 0.6 is 11.6 Å². The van der Waals surface area contributed by atoms with Crippen LogP contribution in [0.15, 0.2) is 18.2 Å². The van der Waals surface area contributed by atoms with Crippen LogP contribution in [0.2, 0.25) is 5.02 Å². The number of ether oxygens (including phenoxy) is 1. The lowest BCUT2D eigenvalue weighted by Gasteiger charge is -2.69. The zero-order valence-electron chi connectivity index (χ0n) is 11.9. The molecule has 1 N–H and O–H groups in total. The van der Waals surface area contributed by atoms with Gasteiger partial charge in [-0.15, -0.1) is 0 Å². The summed E-state index contributed by atoms with van der Waals surface area (Å²) in [5.41, 5.74) is -0.711. The standard InChI is InChI=1S/C15H15ClF3NO2/c1-13-6-14(7-13,8-13)20-12(21)5-22-9-2-3-11(16)10(4-9)15(17,18)19/h2-4H,5-8H2,1H3,(H,20,21). The van der Waals surface area contributed by atoms with Crippen molar-refractivity contribution in [3.63, 3.8) is 0 Å². The van der Waals surface area contributed by atoms with Crippen LogP contribution in [0.4, 0.5) is 13.2 Å². The molecule has 3 aliphatic carbocycles. The maximum absolute atomic E-state index is 12.7. The first kappa shape index (κ1) is 15.5. The molecule has 0 radical (unpaired) electrons. The highest BCUT2D eigenvalue weighted by Gasteiger charge is 2.65. The zero-order valence-corrected chi connectivity index (χ0v) is 12.6. The predicted molar refractivity (Wildman–Crippen MR) is 74.8 cm³/mol. The Kier molecular flexibility index (Phi) is 3.36. The molecular formula is C15H15ClF3NO2. The van der Waals surface area contributed by atoms with Crippen molar-refractivity contribution in [2.75, 3.05) is 6.61 Å². The van der Waals surface area contributed by atoms with Gasteiger partial charge in [0.05, 0.1) is 10.6 Å². The number of rotatable bonds is 4. The molecule has 3 saturated carbocycles. The van der Waals surface area contributed by atoms with Crippen molar-refractivity contribution in [2.45, 2.75) is 37.9 Å². The van der Waals surface area contributed by atoms with Crippen molar-refractivity contribution in [1.82, 2.24) is 5.32 Å². The summed E-state index contributed by atoms with van der Waals surface area (Å²) in [6, 6.07) is 3.23. The molecule has 0 saturated heterocycles. The van der Waals surface area contributed by atoms with E-state index in [-0.39, 0.29) is 23.8 Å². The normalized spacial score (nSPS) is 29.3. The molecule has 1 amide bonds. The van der Waals surface area contributed by atoms with E-state index >= 15 is 0 Å². The van der Waals surface area contributed by atoms with Crippen molar-refractivity contribution in [1.29, 1.82) is 0 Å². The van der Waals surface area contributed by atoms with E-state index < -0.39 is 16.8 Å². The number of carbonyl (C=O) groups excluding carboxylic acids is 1. The highest BCUT2D eigenvalue weighted by Crippen LogP contribution is 2.66. The summed E-state index contributed by atoms with van der Waals surface area (Å²) < 4.78 is 43.3. The van der Waals surface area contributed by atoms with E-state index in [4.69, 9.17) is 16.3 Å². The monoisotopic (exact) mass is 333 g/mol. The molecule has 3 nitrogen and oxygen atoms in total. The topological polar surface area (TPSA) is 38.3 Å². The van der Waals surface area contributed by atoms with Gasteiger partial charge in [-0.3, -0.25) is 4.79 Å². The van der Waals surface area contributed by atoms with Crippen molar-refractivity contribution in [2.24, 2.45) is 5.41 Å². The number of hydrogen-bond donors (Lipinski definition) is 1. The Bertz CT molecular complexity index is 610. The van der Waals surface area contributed by atoms with E-state index in [0.717, 1.165) is 31.4 Å². The van der Waals surface area contributed by atoms with Gasteiger partial charge in [0.25, 0.3) is 5.91 Å². The van der Waals surface area contributed by atoms with Crippen LogP contribution in [0.1, 0.15) is 31.7 Å². The Morgan fingerprint density at radius 2 is 2.00 bits per heavy atom. The fourth-order valence-corrected chi connectivity index (χ4v) is 3.94. The summed E-state index contributed by atoms with van der Waals surface area (Å²) >= 11 is 5.52. The smallest absolute Gasteiger partial charge is 0.417 e. The molecule has 0 spiro atoms. The lowest BCUT2D eigenvalue weighted by Crippen LogP contribution is -2.73. The summed E-state index contributed by atoms with van der Waals surface area (Å²) in [6.45, 7) is 1.86. The summed E-state index contributed by atoms with van der Waals surface area (Å²) in [5.74, 6) is -0.346. The van der Waals surface area contributed by atoms with Crippen LogP contribution in [0.3, 0.4) is 0 Å². The van der Waals surface area contributed by atoms with Crippen LogP contribution in [-0.4, -0.2) is 18.1 Å². The third-order valence-corrected chi connectivity index (χ3v) is 4.64. The maximum Gasteiger partial charge on any atom is 0.417 e. The van der Waals surface area contributed by atoms with E-state index in [1.165, 1.54) is 6.07 Å². The van der Waals surface area contributed by atoms with Gasteiger partial charge in [0.1, 0.15) is 5.75 Å². The van der Waals surface area contributed by atoms with Gasteiger partial charge in [-0.1, -0.05) is 18.5 Å². The lowest BCUT2D eigenvalue weighted by molar-refractivity contribution is -0.157. The molecule has 1 aromatic rings. The Hall–Kier alpha value is -1.43. The van der Waals surface area contributed by atoms with E-state index in [1.54, 1.807) is 0 Å². The molecule has 0 atom stereocenters. The van der Waals surface area contributed by atoms with Crippen molar-refractivity contribution < 1.29 is 22.7 Å². The summed E-state index contributed by atoms with van der Waals surface area (Å²) in [5, 5.41) is 2.50. The minimum Gasteiger partial charge on any atom is -0.484 e. The first-order chi connectivity index (χ1) is 10.1. The van der Waals surface area contributed by atoms with Crippen LogP contribution in [0, 0.1) is 5.41 Å². The highest BCUT2D eigenvalue weighted by molar-refractivity contribution is 6.31. The molecule has 0 unspecified atom stereocenters. The number of halogens is 4. The lowest BCUT2D eigenvalue weighted by atomic mass is 9.40. The molecule has 22 heavy (non-hydrogen) atoms. The van der Waals surface area contributed by atoms with Crippen LogP contribution < -0.4 is 10.1 Å². The van der Waals surface area contributed by atoms with Crippen LogP contribution in [-0.2, 0) is 11.0 Å². The van der Waals surface area contributed by atoms with Crippen LogP contribution in [0.25, 0.3) is 0 Å². The van der Waals surface area contributed by atoms with Gasteiger partial charge in [0.15, 0.2) is 6.61 Å². The summed E-state index contributed by atoms with van der Waals surface area (Å²) in [7, 11) is 0. The molecule has 2 bridgehead atoms. The number of carbonyl (C=O) groups is 1. The number of hydrogen-bond acceptors (Lipinski definition) is 2. The number of alkyl halides is 3. The Labute approximate surface area is 130 Å². The quantitative estimate of drug-likeness (QED) is 0.910. The number of benzene rings is 1. The van der Waals surface area contributed by atoms with Gasteiger partial charge in [-0.2, -0.15) is 13.2 Å². The fraction of sp³-hybridized carbons (Fsp3) is 0.533. The number of nitrogens with one attached hydrogen (secondary N) is 1. The van der Waals surface area contributed by atoms with E-state index in [0.29, 0.717) is 5.41 Å². The van der Waals surface area contributed by atoms with Crippen molar-refractivity contribution in [3.05, 3.63) is 28.8 Å². The van der Waals surface area contributed by atoms with Crippen LogP contribution in [0.5, 0.6) is 5.75 Å². The summed E-state index contributed by atoms with van der Waals surface area (Å²) in [4.78, 5) is 11.8. The fourth-order valence-electron chi connectivity index (χ4n) is 3.72. The average Bonchev–Trinajstić information content (AvgIpc) is 2.33. The Balaban J connectivity index is 1.56. The molecule has 4 rings (SSSR count). The van der Waals surface area contributed by atoms with E-state index in [2.05, 4.69) is 12.2 Å². The second-order valence-corrected chi connectivity index (χ2v) is 7.00.